The number of carboxylic acid groups (broad SMARTS) is 1. The minimum Gasteiger partial charge on any atom is -0.480 e. The van der Waals surface area contributed by atoms with Gasteiger partial charge in [-0.2, -0.15) is 0 Å². The summed E-state index contributed by atoms with van der Waals surface area (Å²) in [6.07, 6.45) is 0.168. The number of nitrogens with zero attached hydrogens (tertiary/aromatic N) is 2. The third-order valence-electron chi connectivity index (χ3n) is 4.06. The third-order valence-corrected chi connectivity index (χ3v) is 4.06. The Morgan fingerprint density at radius 2 is 1.76 bits per heavy atom. The van der Waals surface area contributed by atoms with E-state index >= 15 is 0 Å². The predicted octanol–water partition coefficient (Wildman–Crippen LogP) is 2.33. The Labute approximate surface area is 141 Å². The molecule has 6 nitrogen and oxygen atoms in total. The Hall–Kier alpha value is -3.22. The van der Waals surface area contributed by atoms with Crippen molar-refractivity contribution in [2.24, 2.45) is 0 Å². The van der Waals surface area contributed by atoms with E-state index in [-0.39, 0.29) is 23.0 Å². The minimum atomic E-state index is -1.17. The van der Waals surface area contributed by atoms with E-state index in [1.807, 2.05) is 0 Å². The van der Waals surface area contributed by atoms with Crippen LogP contribution in [0.15, 0.2) is 58.1 Å². The number of fused-ring (bicyclic) bond motifs is 1. The Balaban J connectivity index is 2.47. The van der Waals surface area contributed by atoms with Gasteiger partial charge in [0.05, 0.1) is 16.6 Å². The lowest BCUT2D eigenvalue weighted by Gasteiger charge is -2.18. The van der Waals surface area contributed by atoms with Crippen LogP contribution in [0.3, 0.4) is 0 Å². The molecule has 2 aromatic carbocycles. The normalized spacial score (nSPS) is 12.2. The van der Waals surface area contributed by atoms with Gasteiger partial charge in [0.25, 0.3) is 5.56 Å². The van der Waals surface area contributed by atoms with Gasteiger partial charge in [0.15, 0.2) is 0 Å². The van der Waals surface area contributed by atoms with Crippen LogP contribution in [0.25, 0.3) is 16.6 Å². The Morgan fingerprint density at radius 1 is 1.12 bits per heavy atom. The first-order chi connectivity index (χ1) is 12.0. The van der Waals surface area contributed by atoms with Crippen molar-refractivity contribution in [3.05, 3.63) is 75.2 Å². The van der Waals surface area contributed by atoms with Gasteiger partial charge in [-0.1, -0.05) is 19.1 Å². The third kappa shape index (κ3) is 2.73. The number of hydrogen-bond acceptors (Lipinski definition) is 3. The van der Waals surface area contributed by atoms with E-state index in [0.29, 0.717) is 0 Å². The molecule has 3 aromatic rings. The maximum atomic E-state index is 13.2. The van der Waals surface area contributed by atoms with Crippen molar-refractivity contribution in [1.82, 2.24) is 9.13 Å². The molecule has 1 atom stereocenters. The Kier molecular flexibility index (Phi) is 4.22. The predicted molar refractivity (Wildman–Crippen MR) is 90.7 cm³/mol. The molecule has 0 amide bonds. The van der Waals surface area contributed by atoms with Crippen molar-refractivity contribution in [3.8, 4) is 5.69 Å². The second kappa shape index (κ2) is 6.35. The lowest BCUT2D eigenvalue weighted by Crippen LogP contribution is -2.42. The van der Waals surface area contributed by atoms with Crippen LogP contribution in [0, 0.1) is 5.82 Å². The van der Waals surface area contributed by atoms with Crippen LogP contribution in [0.2, 0.25) is 0 Å². The molecule has 0 aliphatic heterocycles. The molecule has 1 unspecified atom stereocenters. The van der Waals surface area contributed by atoms with Crippen molar-refractivity contribution >= 4 is 16.9 Å². The van der Waals surface area contributed by atoms with Crippen molar-refractivity contribution in [2.75, 3.05) is 0 Å². The number of aromatic nitrogens is 2. The van der Waals surface area contributed by atoms with E-state index in [0.717, 1.165) is 21.3 Å². The number of para-hydroxylation sites is 1. The zero-order valence-corrected chi connectivity index (χ0v) is 13.3. The highest BCUT2D eigenvalue weighted by Crippen LogP contribution is 2.17. The second-order valence-corrected chi connectivity index (χ2v) is 5.55. The van der Waals surface area contributed by atoms with Crippen molar-refractivity contribution in [2.45, 2.75) is 19.4 Å². The number of carboxylic acids is 1. The van der Waals surface area contributed by atoms with Gasteiger partial charge < -0.3 is 5.11 Å². The fourth-order valence-corrected chi connectivity index (χ4v) is 2.87. The van der Waals surface area contributed by atoms with E-state index < -0.39 is 29.1 Å². The smallest absolute Gasteiger partial charge is 0.336 e. The molecule has 0 saturated heterocycles. The number of rotatable bonds is 4. The fraction of sp³-hybridized carbons (Fsp3) is 0.167. The van der Waals surface area contributed by atoms with Gasteiger partial charge in [-0.25, -0.2) is 18.5 Å². The summed E-state index contributed by atoms with van der Waals surface area (Å²) in [5.41, 5.74) is -0.922. The first-order valence-corrected chi connectivity index (χ1v) is 7.70. The first kappa shape index (κ1) is 16.6. The first-order valence-electron chi connectivity index (χ1n) is 7.70. The average molecular weight is 342 g/mol. The Bertz CT molecular complexity index is 1070. The molecule has 25 heavy (non-hydrogen) atoms. The monoisotopic (exact) mass is 342 g/mol. The molecule has 0 radical (unpaired) electrons. The molecular weight excluding hydrogens is 327 g/mol. The highest BCUT2D eigenvalue weighted by Gasteiger charge is 2.24. The molecule has 3 rings (SSSR count). The van der Waals surface area contributed by atoms with Crippen LogP contribution in [0.5, 0.6) is 0 Å². The summed E-state index contributed by atoms with van der Waals surface area (Å²) >= 11 is 0. The summed E-state index contributed by atoms with van der Waals surface area (Å²) in [7, 11) is 0. The highest BCUT2D eigenvalue weighted by atomic mass is 19.1. The minimum absolute atomic E-state index is 0.168. The molecule has 0 saturated carbocycles. The molecule has 1 N–H and O–H groups in total. The highest BCUT2D eigenvalue weighted by molar-refractivity contribution is 5.81. The Morgan fingerprint density at radius 3 is 2.36 bits per heavy atom. The quantitative estimate of drug-likeness (QED) is 0.789. The molecule has 7 heteroatoms. The fourth-order valence-electron chi connectivity index (χ4n) is 2.87. The summed E-state index contributed by atoms with van der Waals surface area (Å²) in [5.74, 6) is -1.67. The van der Waals surface area contributed by atoms with Crippen LogP contribution < -0.4 is 11.2 Å². The van der Waals surface area contributed by atoms with Crippen molar-refractivity contribution < 1.29 is 14.3 Å². The molecule has 0 fully saturated rings. The largest absolute Gasteiger partial charge is 0.480 e. The second-order valence-electron chi connectivity index (χ2n) is 5.55. The number of hydrogen-bond donors (Lipinski definition) is 1. The van der Waals surface area contributed by atoms with E-state index in [2.05, 4.69) is 0 Å². The summed E-state index contributed by atoms with van der Waals surface area (Å²) in [6.45, 7) is 1.65. The van der Waals surface area contributed by atoms with Crippen LogP contribution in [0.4, 0.5) is 4.39 Å². The standard InChI is InChI=1S/C18H15FN2O4/c1-2-14(17(23)24)21-15-6-4-3-5-13(15)16(22)20(18(21)25)12-9-7-11(19)8-10-12/h3-10,14H,2H2,1H3,(H,23,24). The van der Waals surface area contributed by atoms with Gasteiger partial charge in [-0.15, -0.1) is 0 Å². The van der Waals surface area contributed by atoms with Gasteiger partial charge >= 0.3 is 11.7 Å². The molecule has 0 aliphatic carbocycles. The van der Waals surface area contributed by atoms with Gasteiger partial charge in [-0.05, 0) is 42.8 Å². The van der Waals surface area contributed by atoms with E-state index in [4.69, 9.17) is 0 Å². The van der Waals surface area contributed by atoms with Gasteiger partial charge in [0, 0.05) is 0 Å². The topological polar surface area (TPSA) is 81.3 Å². The van der Waals surface area contributed by atoms with Crippen LogP contribution in [-0.2, 0) is 4.79 Å². The zero-order chi connectivity index (χ0) is 18.1. The molecule has 1 aromatic heterocycles. The van der Waals surface area contributed by atoms with Gasteiger partial charge in [0.1, 0.15) is 11.9 Å². The molecule has 0 spiro atoms. The number of aliphatic carboxylic acids is 1. The van der Waals surface area contributed by atoms with Crippen molar-refractivity contribution in [1.29, 1.82) is 0 Å². The lowest BCUT2D eigenvalue weighted by molar-refractivity contribution is -0.141. The molecule has 128 valence electrons. The molecule has 0 bridgehead atoms. The lowest BCUT2D eigenvalue weighted by atomic mass is 10.1. The molecular formula is C18H15FN2O4. The summed E-state index contributed by atoms with van der Waals surface area (Å²) in [5, 5.41) is 9.70. The van der Waals surface area contributed by atoms with Crippen molar-refractivity contribution in [3.63, 3.8) is 0 Å². The summed E-state index contributed by atoms with van der Waals surface area (Å²) in [6, 6.07) is 10.1. The number of carbonyl (C=O) groups is 1. The maximum Gasteiger partial charge on any atom is 0.336 e. The zero-order valence-electron chi connectivity index (χ0n) is 13.3. The van der Waals surface area contributed by atoms with Gasteiger partial charge in [-0.3, -0.25) is 9.36 Å². The average Bonchev–Trinajstić information content (AvgIpc) is 2.60. The number of benzene rings is 2. The summed E-state index contributed by atoms with van der Waals surface area (Å²) < 4.78 is 15.1. The van der Waals surface area contributed by atoms with E-state index in [1.165, 1.54) is 18.2 Å². The molecule has 0 aliphatic rings. The van der Waals surface area contributed by atoms with Crippen LogP contribution in [0.1, 0.15) is 19.4 Å². The van der Waals surface area contributed by atoms with E-state index in [9.17, 15) is 23.9 Å². The van der Waals surface area contributed by atoms with Crippen LogP contribution in [-0.4, -0.2) is 20.2 Å². The summed E-state index contributed by atoms with van der Waals surface area (Å²) in [4.78, 5) is 37.3. The molecule has 1 heterocycles. The van der Waals surface area contributed by atoms with E-state index in [1.54, 1.807) is 25.1 Å². The van der Waals surface area contributed by atoms with Gasteiger partial charge in [0.2, 0.25) is 0 Å². The SMILES string of the molecule is CCC(C(=O)O)n1c(=O)n(-c2ccc(F)cc2)c(=O)c2ccccc21. The number of halogens is 1. The maximum absolute atomic E-state index is 13.2. The van der Waals surface area contributed by atoms with Crippen LogP contribution >= 0.6 is 0 Å².